The number of benzene rings is 2. The molecule has 226 valence electrons. The lowest BCUT2D eigenvalue weighted by Gasteiger charge is -2.23. The van der Waals surface area contributed by atoms with Gasteiger partial charge in [-0.1, -0.05) is 103 Å². The van der Waals surface area contributed by atoms with Crippen molar-refractivity contribution in [3.05, 3.63) is 70.5 Å². The van der Waals surface area contributed by atoms with Crippen molar-refractivity contribution in [1.82, 2.24) is 4.90 Å². The van der Waals surface area contributed by atoms with Crippen LogP contribution in [0.4, 0.5) is 10.1 Å². The predicted octanol–water partition coefficient (Wildman–Crippen LogP) is 10.2. The Labute approximate surface area is 252 Å². The molecule has 0 unspecified atom stereocenters. The number of allylic oxidation sites excluding steroid dienone is 1. The summed E-state index contributed by atoms with van der Waals surface area (Å²) in [5.41, 5.74) is 2.78. The Bertz CT molecular complexity index is 1070. The molecule has 0 atom stereocenters. The Hall–Kier alpha value is -2.47. The number of anilines is 1. The topological polar surface area (TPSA) is 32.8 Å². The fourth-order valence-electron chi connectivity index (χ4n) is 5.21. The Kier molecular flexibility index (Phi) is 15.2. The zero-order valence-electron chi connectivity index (χ0n) is 25.6. The summed E-state index contributed by atoms with van der Waals surface area (Å²) in [6.07, 6.45) is 18.0. The number of halogens is 1. The second-order valence-electron chi connectivity index (χ2n) is 11.3. The van der Waals surface area contributed by atoms with E-state index >= 15 is 0 Å². The van der Waals surface area contributed by atoms with Gasteiger partial charge < -0.3 is 14.5 Å². The molecule has 41 heavy (non-hydrogen) atoms. The van der Waals surface area contributed by atoms with E-state index < -0.39 is 0 Å². The maximum absolute atomic E-state index is 14.9. The van der Waals surface area contributed by atoms with Gasteiger partial charge in [0.1, 0.15) is 0 Å². The van der Waals surface area contributed by atoms with Gasteiger partial charge >= 0.3 is 0 Å². The number of nitrogens with zero attached hydrogens (tertiary/aromatic N) is 2. The summed E-state index contributed by atoms with van der Waals surface area (Å²) in [5, 5.41) is 0. The molecule has 1 heterocycles. The molecule has 0 N–H and O–H groups in total. The highest BCUT2D eigenvalue weighted by Gasteiger charge is 2.17. The van der Waals surface area contributed by atoms with Gasteiger partial charge in [0, 0.05) is 24.9 Å². The van der Waals surface area contributed by atoms with Gasteiger partial charge in [0.15, 0.2) is 11.6 Å². The summed E-state index contributed by atoms with van der Waals surface area (Å²) in [4.78, 5) is 18.2. The van der Waals surface area contributed by atoms with E-state index in [1.807, 2.05) is 36.9 Å². The van der Waals surface area contributed by atoms with Crippen LogP contribution < -0.4 is 9.64 Å². The molecule has 0 saturated heterocycles. The number of hydrogen-bond acceptors (Lipinski definition) is 4. The van der Waals surface area contributed by atoms with Crippen molar-refractivity contribution in [2.45, 2.75) is 117 Å². The van der Waals surface area contributed by atoms with E-state index in [4.69, 9.17) is 4.74 Å². The van der Waals surface area contributed by atoms with Crippen molar-refractivity contribution in [2.75, 3.05) is 17.4 Å². The predicted molar refractivity (Wildman–Crippen MR) is 173 cm³/mol. The number of amides is 1. The Morgan fingerprint density at radius 2 is 1.49 bits per heavy atom. The van der Waals surface area contributed by atoms with Gasteiger partial charge in [0.05, 0.1) is 19.0 Å². The molecule has 0 saturated carbocycles. The average molecular weight is 583 g/mol. The highest BCUT2D eigenvalue weighted by molar-refractivity contribution is 8.03. The van der Waals surface area contributed by atoms with Gasteiger partial charge in [-0.25, -0.2) is 4.39 Å². The summed E-state index contributed by atoms with van der Waals surface area (Å²) < 4.78 is 20.6. The second kappa shape index (κ2) is 18.9. The number of rotatable bonds is 20. The molecule has 0 aliphatic carbocycles. The first-order valence-corrected chi connectivity index (χ1v) is 16.8. The minimum absolute atomic E-state index is 0.0139. The first-order chi connectivity index (χ1) is 20.0. The molecule has 0 bridgehead atoms. The summed E-state index contributed by atoms with van der Waals surface area (Å²) in [6.45, 7) is 7.95. The lowest BCUT2D eigenvalue weighted by Crippen LogP contribution is -2.29. The molecule has 0 aromatic heterocycles. The summed E-state index contributed by atoms with van der Waals surface area (Å²) in [6, 6.07) is 13.2. The standard InChI is InChI=1S/C35H51FN2O2S/c1-4-6-7-8-9-10-11-12-13-14-15-16-23-40-34-22-19-31(24-33(34)36)27-38(35(39)5-2)32-20-17-30(18-21-32)26-37-25-29(3)41-28-37/h17-22,24-25H,4-16,23,26-28H2,1-3H3. The van der Waals surface area contributed by atoms with Crippen molar-refractivity contribution in [3.8, 4) is 5.75 Å². The summed E-state index contributed by atoms with van der Waals surface area (Å²) >= 11 is 1.85. The highest BCUT2D eigenvalue weighted by atomic mass is 32.2. The number of carbonyl (C=O) groups is 1. The Balaban J connectivity index is 1.39. The Morgan fingerprint density at radius 1 is 0.878 bits per heavy atom. The van der Waals surface area contributed by atoms with Crippen LogP contribution >= 0.6 is 11.8 Å². The van der Waals surface area contributed by atoms with E-state index in [2.05, 4.69) is 37.1 Å². The maximum Gasteiger partial charge on any atom is 0.227 e. The van der Waals surface area contributed by atoms with Crippen LogP contribution in [0.1, 0.15) is 115 Å². The fraction of sp³-hybridized carbons (Fsp3) is 0.571. The number of hydrogen-bond donors (Lipinski definition) is 0. The molecule has 6 heteroatoms. The van der Waals surface area contributed by atoms with Crippen LogP contribution in [0, 0.1) is 5.82 Å². The van der Waals surface area contributed by atoms with E-state index in [1.165, 1.54) is 80.7 Å². The molecular formula is C35H51FN2O2S. The third kappa shape index (κ3) is 12.1. The fourth-order valence-corrected chi connectivity index (χ4v) is 5.96. The van der Waals surface area contributed by atoms with Crippen molar-refractivity contribution in [3.63, 3.8) is 0 Å². The van der Waals surface area contributed by atoms with Crippen molar-refractivity contribution >= 4 is 23.4 Å². The number of thioether (sulfide) groups is 1. The average Bonchev–Trinajstić information content (AvgIpc) is 3.39. The molecule has 2 aromatic rings. The van der Waals surface area contributed by atoms with Crippen LogP contribution in [0.25, 0.3) is 0 Å². The summed E-state index contributed by atoms with van der Waals surface area (Å²) in [7, 11) is 0. The summed E-state index contributed by atoms with van der Waals surface area (Å²) in [5.74, 6) is 0.907. The van der Waals surface area contributed by atoms with Gasteiger partial charge in [-0.15, -0.1) is 11.8 Å². The third-order valence-electron chi connectivity index (χ3n) is 7.65. The zero-order valence-corrected chi connectivity index (χ0v) is 26.5. The Morgan fingerprint density at radius 3 is 2.05 bits per heavy atom. The smallest absolute Gasteiger partial charge is 0.227 e. The minimum atomic E-state index is -0.368. The van der Waals surface area contributed by atoms with Gasteiger partial charge in [-0.3, -0.25) is 4.79 Å². The molecular weight excluding hydrogens is 531 g/mol. The molecule has 0 spiro atoms. The first-order valence-electron chi connectivity index (χ1n) is 15.9. The SMILES string of the molecule is CCCCCCCCCCCCCCOc1ccc(CN(C(=O)CC)c2ccc(CN3C=C(C)SC3)cc2)cc1F. The van der Waals surface area contributed by atoms with Crippen molar-refractivity contribution in [2.24, 2.45) is 0 Å². The zero-order chi connectivity index (χ0) is 29.3. The van der Waals surface area contributed by atoms with E-state index in [0.29, 0.717) is 25.3 Å². The molecule has 1 aliphatic rings. The van der Waals surface area contributed by atoms with Crippen molar-refractivity contribution in [1.29, 1.82) is 0 Å². The van der Waals surface area contributed by atoms with E-state index in [1.54, 1.807) is 11.0 Å². The van der Waals surface area contributed by atoms with Gasteiger partial charge in [-0.2, -0.15) is 0 Å². The largest absolute Gasteiger partial charge is 0.491 e. The van der Waals surface area contributed by atoms with Gasteiger partial charge in [-0.05, 0) is 53.6 Å². The molecule has 0 fully saturated rings. The molecule has 1 aliphatic heterocycles. The maximum atomic E-state index is 14.9. The molecule has 2 aromatic carbocycles. The number of carbonyl (C=O) groups excluding carboxylic acids is 1. The van der Waals surface area contributed by atoms with Crippen LogP contribution in [0.15, 0.2) is 53.6 Å². The molecule has 4 nitrogen and oxygen atoms in total. The van der Waals surface area contributed by atoms with E-state index in [0.717, 1.165) is 36.5 Å². The molecule has 1 amide bonds. The van der Waals surface area contributed by atoms with Gasteiger partial charge in [0.25, 0.3) is 0 Å². The molecule has 0 radical (unpaired) electrons. The number of unbranched alkanes of at least 4 members (excludes halogenated alkanes) is 11. The molecule has 3 rings (SSSR count). The lowest BCUT2D eigenvalue weighted by atomic mass is 10.1. The minimum Gasteiger partial charge on any atom is -0.491 e. The van der Waals surface area contributed by atoms with Crippen LogP contribution in [-0.4, -0.2) is 23.3 Å². The van der Waals surface area contributed by atoms with E-state index in [9.17, 15) is 9.18 Å². The monoisotopic (exact) mass is 582 g/mol. The third-order valence-corrected chi connectivity index (χ3v) is 8.67. The van der Waals surface area contributed by atoms with Crippen LogP contribution in [-0.2, 0) is 17.9 Å². The van der Waals surface area contributed by atoms with Crippen LogP contribution in [0.5, 0.6) is 5.75 Å². The van der Waals surface area contributed by atoms with E-state index in [-0.39, 0.29) is 11.7 Å². The lowest BCUT2D eigenvalue weighted by molar-refractivity contribution is -0.118. The second-order valence-corrected chi connectivity index (χ2v) is 12.5. The van der Waals surface area contributed by atoms with Gasteiger partial charge in [0.2, 0.25) is 5.91 Å². The van der Waals surface area contributed by atoms with Crippen molar-refractivity contribution < 1.29 is 13.9 Å². The highest BCUT2D eigenvalue weighted by Crippen LogP contribution is 2.27. The van der Waals surface area contributed by atoms with Crippen LogP contribution in [0.2, 0.25) is 0 Å². The first kappa shape index (κ1) is 33.0. The quantitative estimate of drug-likeness (QED) is 0.145. The van der Waals surface area contributed by atoms with Crippen LogP contribution in [0.3, 0.4) is 0 Å². The number of ether oxygens (including phenoxy) is 1. The normalized spacial score (nSPS) is 13.0.